The number of alkyl halides is 1. The Morgan fingerprint density at radius 3 is 2.40 bits per heavy atom. The molecule has 0 radical (unpaired) electrons. The van der Waals surface area contributed by atoms with E-state index < -0.39 is 0 Å². The van der Waals surface area contributed by atoms with Crippen molar-refractivity contribution in [2.45, 2.75) is 64.8 Å². The van der Waals surface area contributed by atoms with Crippen LogP contribution >= 0.6 is 22.9 Å². The van der Waals surface area contributed by atoms with E-state index in [0.717, 1.165) is 12.1 Å². The predicted molar refractivity (Wildman–Crippen MR) is 88.5 cm³/mol. The van der Waals surface area contributed by atoms with Gasteiger partial charge >= 0.3 is 0 Å². The van der Waals surface area contributed by atoms with Crippen molar-refractivity contribution in [3.8, 4) is 0 Å². The zero-order valence-corrected chi connectivity index (χ0v) is 14.6. The molecule has 20 heavy (non-hydrogen) atoms. The molecule has 1 aromatic rings. The van der Waals surface area contributed by atoms with Crippen molar-refractivity contribution >= 4 is 22.9 Å². The molecule has 1 aliphatic rings. The van der Waals surface area contributed by atoms with Gasteiger partial charge in [-0.15, -0.1) is 22.9 Å². The quantitative estimate of drug-likeness (QED) is 0.668. The fraction of sp³-hybridized carbons (Fsp3) is 0.812. The minimum Gasteiger partial charge on any atom is -0.294 e. The van der Waals surface area contributed by atoms with Crippen molar-refractivity contribution in [1.82, 2.24) is 9.88 Å². The van der Waals surface area contributed by atoms with Crippen LogP contribution in [0.1, 0.15) is 69.6 Å². The average molecular weight is 315 g/mol. The molecule has 1 saturated heterocycles. The smallest absolute Gasteiger partial charge is 0.110 e. The van der Waals surface area contributed by atoms with Gasteiger partial charge < -0.3 is 0 Å². The second-order valence-electron chi connectivity index (χ2n) is 5.98. The molecule has 0 saturated carbocycles. The minimum absolute atomic E-state index is 0.490. The number of rotatable bonds is 6. The Hall–Kier alpha value is -0.120. The van der Waals surface area contributed by atoms with Crippen LogP contribution in [0.3, 0.4) is 0 Å². The Labute approximate surface area is 132 Å². The highest BCUT2D eigenvalue weighted by Crippen LogP contribution is 2.41. The summed E-state index contributed by atoms with van der Waals surface area (Å²) < 4.78 is 0. The van der Waals surface area contributed by atoms with Crippen LogP contribution in [0.5, 0.6) is 0 Å². The number of hydrogen-bond acceptors (Lipinski definition) is 3. The van der Waals surface area contributed by atoms with Crippen LogP contribution in [-0.2, 0) is 5.88 Å². The number of thiazole rings is 1. The van der Waals surface area contributed by atoms with Gasteiger partial charge in [-0.3, -0.25) is 4.90 Å². The van der Waals surface area contributed by atoms with E-state index in [2.05, 4.69) is 31.1 Å². The van der Waals surface area contributed by atoms with Crippen LogP contribution in [0.2, 0.25) is 0 Å². The Bertz CT molecular complexity index is 404. The van der Waals surface area contributed by atoms with E-state index in [4.69, 9.17) is 16.6 Å². The molecule has 2 nitrogen and oxygen atoms in total. The molecule has 0 amide bonds. The summed E-state index contributed by atoms with van der Waals surface area (Å²) in [7, 11) is 0. The molecular weight excluding hydrogens is 288 g/mol. The lowest BCUT2D eigenvalue weighted by molar-refractivity contribution is 0.0641. The van der Waals surface area contributed by atoms with Crippen LogP contribution in [0, 0.1) is 5.41 Å². The predicted octanol–water partition coefficient (Wildman–Crippen LogP) is 5.24. The van der Waals surface area contributed by atoms with Gasteiger partial charge in [0.2, 0.25) is 0 Å². The van der Waals surface area contributed by atoms with Gasteiger partial charge in [-0.1, -0.05) is 33.6 Å². The maximum atomic E-state index is 5.88. The van der Waals surface area contributed by atoms with Crippen LogP contribution in [0.4, 0.5) is 0 Å². The number of aromatic nitrogens is 1. The average Bonchev–Trinajstić information content (AvgIpc) is 2.98. The van der Waals surface area contributed by atoms with Crippen LogP contribution in [-0.4, -0.2) is 23.0 Å². The normalized spacial score (nSPS) is 21.0. The molecule has 0 aromatic carbocycles. The first-order valence-electron chi connectivity index (χ1n) is 7.92. The Balaban J connectivity index is 2.03. The maximum Gasteiger partial charge on any atom is 0.110 e. The van der Waals surface area contributed by atoms with Crippen LogP contribution in [0.25, 0.3) is 0 Å². The van der Waals surface area contributed by atoms with Crippen molar-refractivity contribution < 1.29 is 0 Å². The summed E-state index contributed by atoms with van der Waals surface area (Å²) in [6.07, 6.45) is 6.46. The highest BCUT2D eigenvalue weighted by molar-refractivity contribution is 7.09. The maximum absolute atomic E-state index is 5.88. The van der Waals surface area contributed by atoms with Crippen molar-refractivity contribution in [3.05, 3.63) is 16.1 Å². The number of halogens is 1. The monoisotopic (exact) mass is 314 g/mol. The number of likely N-dealkylation sites (tertiary alicyclic amines) is 1. The molecule has 114 valence electrons. The lowest BCUT2D eigenvalue weighted by Gasteiger charge is -2.43. The van der Waals surface area contributed by atoms with Crippen molar-refractivity contribution in [3.63, 3.8) is 0 Å². The minimum atomic E-state index is 0.490. The van der Waals surface area contributed by atoms with Crippen LogP contribution in [0.15, 0.2) is 5.38 Å². The molecule has 2 heterocycles. The lowest BCUT2D eigenvalue weighted by atomic mass is 9.74. The number of piperidine rings is 1. The molecule has 0 aliphatic carbocycles. The van der Waals surface area contributed by atoms with Gasteiger partial charge in [0.1, 0.15) is 5.01 Å². The van der Waals surface area contributed by atoms with Gasteiger partial charge in [-0.05, 0) is 37.8 Å². The first-order chi connectivity index (χ1) is 9.68. The van der Waals surface area contributed by atoms with E-state index in [0.29, 0.717) is 17.3 Å². The molecule has 4 heteroatoms. The molecule has 1 aliphatic heterocycles. The summed E-state index contributed by atoms with van der Waals surface area (Å²) in [5, 5.41) is 3.36. The molecular formula is C16H27ClN2S. The second-order valence-corrected chi connectivity index (χ2v) is 7.13. The molecule has 1 unspecified atom stereocenters. The fourth-order valence-corrected chi connectivity index (χ4v) is 4.66. The van der Waals surface area contributed by atoms with Gasteiger partial charge in [0.05, 0.1) is 17.6 Å². The third kappa shape index (κ3) is 3.37. The molecule has 0 spiro atoms. The zero-order valence-electron chi connectivity index (χ0n) is 13.0. The van der Waals surface area contributed by atoms with Gasteiger partial charge in [-0.25, -0.2) is 4.98 Å². The first-order valence-corrected chi connectivity index (χ1v) is 9.33. The van der Waals surface area contributed by atoms with Crippen molar-refractivity contribution in [1.29, 1.82) is 0 Å². The van der Waals surface area contributed by atoms with E-state index in [1.54, 1.807) is 11.3 Å². The summed E-state index contributed by atoms with van der Waals surface area (Å²) in [6.45, 7) is 9.41. The second kappa shape index (κ2) is 7.24. The van der Waals surface area contributed by atoms with E-state index in [1.165, 1.54) is 43.8 Å². The third-order valence-electron chi connectivity index (χ3n) is 5.18. The van der Waals surface area contributed by atoms with E-state index >= 15 is 0 Å². The highest BCUT2D eigenvalue weighted by Gasteiger charge is 2.34. The van der Waals surface area contributed by atoms with Crippen molar-refractivity contribution in [2.75, 3.05) is 13.1 Å². The highest BCUT2D eigenvalue weighted by atomic mass is 35.5. The molecule has 1 atom stereocenters. The molecule has 0 bridgehead atoms. The summed E-state index contributed by atoms with van der Waals surface area (Å²) >= 11 is 7.65. The summed E-state index contributed by atoms with van der Waals surface area (Å²) in [4.78, 5) is 7.34. The number of nitrogens with zero attached hydrogens (tertiary/aromatic N) is 2. The molecule has 1 fully saturated rings. The molecule has 1 aromatic heterocycles. The van der Waals surface area contributed by atoms with Gasteiger partial charge in [0.15, 0.2) is 0 Å². The summed E-state index contributed by atoms with van der Waals surface area (Å²) in [5.41, 5.74) is 1.62. The third-order valence-corrected chi connectivity index (χ3v) is 6.45. The lowest BCUT2D eigenvalue weighted by Crippen LogP contribution is -2.41. The van der Waals surface area contributed by atoms with Gasteiger partial charge in [0.25, 0.3) is 0 Å². The molecule has 2 rings (SSSR count). The molecule has 0 N–H and O–H groups in total. The van der Waals surface area contributed by atoms with Gasteiger partial charge in [0, 0.05) is 5.38 Å². The summed E-state index contributed by atoms with van der Waals surface area (Å²) in [5.74, 6) is 0.529. The fourth-order valence-electron chi connectivity index (χ4n) is 3.39. The summed E-state index contributed by atoms with van der Waals surface area (Å²) in [6, 6.07) is 0.490. The standard InChI is InChI=1S/C16H27ClN2S/c1-4-14(15-18-13(11-17)12-20-15)19-9-7-16(5-2,6-3)8-10-19/h12,14H,4-11H2,1-3H3. The Morgan fingerprint density at radius 2 is 1.95 bits per heavy atom. The SMILES string of the molecule is CCC(c1nc(CCl)cs1)N1CCC(CC)(CC)CC1. The van der Waals surface area contributed by atoms with E-state index in [9.17, 15) is 0 Å². The Morgan fingerprint density at radius 1 is 1.30 bits per heavy atom. The van der Waals surface area contributed by atoms with Crippen molar-refractivity contribution in [2.24, 2.45) is 5.41 Å². The topological polar surface area (TPSA) is 16.1 Å². The number of hydrogen-bond donors (Lipinski definition) is 0. The largest absolute Gasteiger partial charge is 0.294 e. The van der Waals surface area contributed by atoms with Gasteiger partial charge in [-0.2, -0.15) is 0 Å². The van der Waals surface area contributed by atoms with E-state index in [1.807, 2.05) is 0 Å². The van der Waals surface area contributed by atoms with E-state index in [-0.39, 0.29) is 0 Å². The zero-order chi connectivity index (χ0) is 14.6. The Kier molecular flexibility index (Phi) is 5.88. The van der Waals surface area contributed by atoms with Crippen LogP contribution < -0.4 is 0 Å². The first kappa shape index (κ1) is 16.3.